The number of benzene rings is 2. The molecule has 0 spiro atoms. The predicted molar refractivity (Wildman–Crippen MR) is 107 cm³/mol. The third kappa shape index (κ3) is 4.80. The lowest BCUT2D eigenvalue weighted by atomic mass is 10.2. The van der Waals surface area contributed by atoms with Crippen LogP contribution in [0.5, 0.6) is 23.0 Å². The summed E-state index contributed by atoms with van der Waals surface area (Å²) in [6, 6.07) is 11.3. The Kier molecular flexibility index (Phi) is 5.30. The van der Waals surface area contributed by atoms with Crippen molar-refractivity contribution in [2.75, 3.05) is 18.4 Å². The SMILES string of the molecule is Cl.[2H]C([2H])([2H])NC(=O)c1cc(Oc2ccc(N)c(Oc3ccc(N)c(F)c3)c2)ccn1. The molecule has 3 rings (SSSR count). The minimum Gasteiger partial charge on any atom is -0.457 e. The third-order valence-electron chi connectivity index (χ3n) is 3.50. The Morgan fingerprint density at radius 1 is 1.04 bits per heavy atom. The molecule has 0 unspecified atom stereocenters. The molecule has 0 atom stereocenters. The highest BCUT2D eigenvalue weighted by Crippen LogP contribution is 2.34. The van der Waals surface area contributed by atoms with Crippen LogP contribution in [0.4, 0.5) is 15.8 Å². The van der Waals surface area contributed by atoms with Gasteiger partial charge in [-0.1, -0.05) is 0 Å². The second kappa shape index (κ2) is 8.92. The Balaban J connectivity index is 0.00000341. The highest BCUT2D eigenvalue weighted by Gasteiger charge is 2.10. The fraction of sp³-hybridized carbons (Fsp3) is 0.0526. The van der Waals surface area contributed by atoms with Crippen LogP contribution < -0.4 is 26.3 Å². The largest absolute Gasteiger partial charge is 0.457 e. The molecule has 9 heteroatoms. The van der Waals surface area contributed by atoms with Gasteiger partial charge in [-0.2, -0.15) is 0 Å². The summed E-state index contributed by atoms with van der Waals surface area (Å²) < 4.78 is 46.2. The van der Waals surface area contributed by atoms with Gasteiger partial charge in [-0.3, -0.25) is 9.78 Å². The molecule has 7 nitrogen and oxygen atoms in total. The lowest BCUT2D eigenvalue weighted by molar-refractivity contribution is 0.0958. The van der Waals surface area contributed by atoms with Crippen molar-refractivity contribution in [2.45, 2.75) is 0 Å². The number of rotatable bonds is 5. The number of anilines is 2. The maximum atomic E-state index is 13.6. The van der Waals surface area contributed by atoms with Crippen molar-refractivity contribution < 1.29 is 22.8 Å². The predicted octanol–water partition coefficient (Wildman–Crippen LogP) is 3.75. The van der Waals surface area contributed by atoms with Crippen LogP contribution in [0, 0.1) is 5.82 Å². The number of pyridine rings is 1. The van der Waals surface area contributed by atoms with Crippen LogP contribution in [0.1, 0.15) is 14.6 Å². The van der Waals surface area contributed by atoms with E-state index in [1.165, 1.54) is 42.6 Å². The van der Waals surface area contributed by atoms with Gasteiger partial charge in [-0.05, 0) is 30.3 Å². The van der Waals surface area contributed by atoms with Crippen molar-refractivity contribution in [3.8, 4) is 23.0 Å². The van der Waals surface area contributed by atoms with Crippen LogP contribution in [-0.2, 0) is 0 Å². The van der Waals surface area contributed by atoms with E-state index in [0.717, 1.165) is 6.07 Å². The number of nitrogens with two attached hydrogens (primary N) is 2. The van der Waals surface area contributed by atoms with Gasteiger partial charge < -0.3 is 26.3 Å². The van der Waals surface area contributed by atoms with E-state index >= 15 is 0 Å². The number of hydrogen-bond acceptors (Lipinski definition) is 6. The van der Waals surface area contributed by atoms with E-state index in [0.29, 0.717) is 5.75 Å². The molecule has 0 saturated carbocycles. The minimum atomic E-state index is -2.64. The summed E-state index contributed by atoms with van der Waals surface area (Å²) in [5.74, 6) is -0.548. The number of hydrogen-bond donors (Lipinski definition) is 3. The van der Waals surface area contributed by atoms with Crippen LogP contribution in [-0.4, -0.2) is 17.9 Å². The van der Waals surface area contributed by atoms with E-state index in [9.17, 15) is 9.18 Å². The normalized spacial score (nSPS) is 12.0. The van der Waals surface area contributed by atoms with Crippen molar-refractivity contribution >= 4 is 29.7 Å². The molecule has 146 valence electrons. The zero-order valence-electron chi connectivity index (χ0n) is 17.3. The molecule has 0 radical (unpaired) electrons. The highest BCUT2D eigenvalue weighted by atomic mass is 35.5. The maximum absolute atomic E-state index is 13.6. The number of ether oxygens (including phenoxy) is 2. The van der Waals surface area contributed by atoms with E-state index in [2.05, 4.69) is 4.98 Å². The molecule has 1 heterocycles. The number of nitrogens with zero attached hydrogens (tertiary/aromatic N) is 1. The number of aromatic nitrogens is 1. The van der Waals surface area contributed by atoms with E-state index in [-0.39, 0.29) is 46.7 Å². The molecule has 2 aromatic carbocycles. The van der Waals surface area contributed by atoms with Gasteiger partial charge in [0.05, 0.1) is 11.4 Å². The number of nitrogens with one attached hydrogen (secondary N) is 1. The van der Waals surface area contributed by atoms with Crippen molar-refractivity contribution in [1.29, 1.82) is 0 Å². The average Bonchev–Trinajstić information content (AvgIpc) is 2.66. The molecular weight excluding hydrogens is 387 g/mol. The van der Waals surface area contributed by atoms with Crippen molar-refractivity contribution in [3.63, 3.8) is 0 Å². The summed E-state index contributed by atoms with van der Waals surface area (Å²) in [5, 5.41) is 1.85. The summed E-state index contributed by atoms with van der Waals surface area (Å²) in [6.45, 7) is -2.64. The van der Waals surface area contributed by atoms with Gasteiger partial charge >= 0.3 is 0 Å². The van der Waals surface area contributed by atoms with Crippen LogP contribution >= 0.6 is 12.4 Å². The van der Waals surface area contributed by atoms with Gasteiger partial charge in [-0.15, -0.1) is 12.4 Å². The Labute approximate surface area is 171 Å². The van der Waals surface area contributed by atoms with Crippen molar-refractivity contribution in [3.05, 3.63) is 66.2 Å². The smallest absolute Gasteiger partial charge is 0.269 e. The summed E-state index contributed by atoms with van der Waals surface area (Å²) in [6.07, 6.45) is 1.30. The standard InChI is InChI=1S/C19H17FN4O3.ClH/c1-23-19(25)17-9-13(6-7-24-17)26-12-3-5-16(22)18(10-12)27-11-2-4-15(21)14(20)8-11;/h2-10H,21-22H2,1H3,(H,23,25);1H/i1D3;. The first-order chi connectivity index (χ1) is 14.1. The fourth-order valence-electron chi connectivity index (χ4n) is 2.16. The van der Waals surface area contributed by atoms with Gasteiger partial charge in [0, 0.05) is 35.5 Å². The first-order valence-electron chi connectivity index (χ1n) is 9.19. The molecule has 3 aromatic rings. The molecule has 1 aromatic heterocycles. The number of carbonyl (C=O) groups excluding carboxylic acids is 1. The van der Waals surface area contributed by atoms with Gasteiger partial charge in [0.25, 0.3) is 5.91 Å². The fourth-order valence-corrected chi connectivity index (χ4v) is 2.16. The number of amides is 1. The molecule has 28 heavy (non-hydrogen) atoms. The molecule has 0 bridgehead atoms. The summed E-state index contributed by atoms with van der Waals surface area (Å²) in [7, 11) is 0. The van der Waals surface area contributed by atoms with Gasteiger partial charge in [0.15, 0.2) is 5.75 Å². The van der Waals surface area contributed by atoms with Gasteiger partial charge in [0.1, 0.15) is 28.8 Å². The number of carbonyl (C=O) groups is 1. The first-order valence-corrected chi connectivity index (χ1v) is 7.69. The Hall–Kier alpha value is -3.52. The zero-order chi connectivity index (χ0) is 21.9. The maximum Gasteiger partial charge on any atom is 0.269 e. The summed E-state index contributed by atoms with van der Waals surface area (Å²) in [4.78, 5) is 15.8. The Morgan fingerprint density at radius 2 is 1.71 bits per heavy atom. The van der Waals surface area contributed by atoms with E-state index in [1.807, 2.05) is 5.32 Å². The molecule has 0 saturated heterocycles. The molecular formula is C19H18ClFN4O3. The van der Waals surface area contributed by atoms with Crippen LogP contribution in [0.15, 0.2) is 54.7 Å². The third-order valence-corrected chi connectivity index (χ3v) is 3.50. The van der Waals surface area contributed by atoms with Crippen molar-refractivity contribution in [1.82, 2.24) is 10.3 Å². The number of halogens is 2. The molecule has 5 N–H and O–H groups in total. The average molecular weight is 408 g/mol. The van der Waals surface area contributed by atoms with Gasteiger partial charge in [0.2, 0.25) is 0 Å². The summed E-state index contributed by atoms with van der Waals surface area (Å²) in [5.41, 5.74) is 11.5. The minimum absolute atomic E-state index is 0. The van der Waals surface area contributed by atoms with E-state index < -0.39 is 18.7 Å². The molecule has 1 amide bonds. The monoisotopic (exact) mass is 407 g/mol. The topological polar surface area (TPSA) is 112 Å². The second-order valence-electron chi connectivity index (χ2n) is 5.42. The molecule has 0 aliphatic rings. The lowest BCUT2D eigenvalue weighted by Gasteiger charge is -2.12. The second-order valence-corrected chi connectivity index (χ2v) is 5.42. The van der Waals surface area contributed by atoms with Gasteiger partial charge in [-0.25, -0.2) is 4.39 Å². The van der Waals surface area contributed by atoms with E-state index in [4.69, 9.17) is 25.1 Å². The molecule has 0 aliphatic carbocycles. The van der Waals surface area contributed by atoms with Crippen LogP contribution in [0.2, 0.25) is 0 Å². The van der Waals surface area contributed by atoms with Crippen molar-refractivity contribution in [2.24, 2.45) is 0 Å². The van der Waals surface area contributed by atoms with Crippen LogP contribution in [0.3, 0.4) is 0 Å². The highest BCUT2D eigenvalue weighted by molar-refractivity contribution is 5.92. The van der Waals surface area contributed by atoms with Crippen LogP contribution in [0.25, 0.3) is 0 Å². The summed E-state index contributed by atoms with van der Waals surface area (Å²) >= 11 is 0. The Bertz CT molecular complexity index is 1100. The quantitative estimate of drug-likeness (QED) is 0.555. The zero-order valence-corrected chi connectivity index (χ0v) is 15.1. The molecule has 0 fully saturated rings. The first kappa shape index (κ1) is 16.6. The lowest BCUT2D eigenvalue weighted by Crippen LogP contribution is -2.18. The Morgan fingerprint density at radius 3 is 2.43 bits per heavy atom. The number of nitrogen functional groups attached to an aromatic ring is 2. The molecule has 0 aliphatic heterocycles. The van der Waals surface area contributed by atoms with E-state index in [1.54, 1.807) is 6.07 Å².